The van der Waals surface area contributed by atoms with E-state index in [1.807, 2.05) is 0 Å². The lowest BCUT2D eigenvalue weighted by atomic mass is 9.86. The third-order valence-corrected chi connectivity index (χ3v) is 6.18. The molecule has 3 fully saturated rings. The van der Waals surface area contributed by atoms with E-state index >= 15 is 0 Å². The van der Waals surface area contributed by atoms with Gasteiger partial charge >= 0.3 is 0 Å². The largest absolute Gasteiger partial charge is 0.329 e. The maximum absolute atomic E-state index is 6.09. The molecule has 18 heavy (non-hydrogen) atoms. The van der Waals surface area contributed by atoms with Crippen molar-refractivity contribution in [2.24, 2.45) is 29.4 Å². The number of nitrogens with two attached hydrogens (primary N) is 1. The molecule has 4 atom stereocenters. The van der Waals surface area contributed by atoms with Crippen molar-refractivity contribution in [3.05, 3.63) is 0 Å². The number of fused-ring (bicyclic) bond motifs is 2. The summed E-state index contributed by atoms with van der Waals surface area (Å²) in [7, 11) is 2.32. The van der Waals surface area contributed by atoms with Gasteiger partial charge in [0.05, 0.1) is 0 Å². The van der Waals surface area contributed by atoms with E-state index < -0.39 is 0 Å². The minimum Gasteiger partial charge on any atom is -0.329 e. The molecule has 0 aromatic carbocycles. The Hall–Kier alpha value is -0.0800. The van der Waals surface area contributed by atoms with Crippen LogP contribution in [0.2, 0.25) is 0 Å². The van der Waals surface area contributed by atoms with Crippen LogP contribution in [0.4, 0.5) is 0 Å². The van der Waals surface area contributed by atoms with Crippen molar-refractivity contribution in [2.45, 2.75) is 57.4 Å². The summed E-state index contributed by atoms with van der Waals surface area (Å²) in [5.74, 6) is 4.06. The molecule has 2 heteroatoms. The zero-order valence-corrected chi connectivity index (χ0v) is 12.2. The molecule has 0 spiro atoms. The predicted molar refractivity (Wildman–Crippen MR) is 76.4 cm³/mol. The molecule has 0 radical (unpaired) electrons. The second-order valence-electron chi connectivity index (χ2n) is 7.66. The fourth-order valence-corrected chi connectivity index (χ4v) is 4.51. The molecule has 0 saturated heterocycles. The van der Waals surface area contributed by atoms with Crippen LogP contribution in [-0.2, 0) is 0 Å². The molecule has 3 aliphatic carbocycles. The number of nitrogens with zero attached hydrogens (tertiary/aromatic N) is 1. The number of hydrogen-bond donors (Lipinski definition) is 1. The Morgan fingerprint density at radius 1 is 1.17 bits per heavy atom. The SMILES string of the molecule is CN(CC1CC2CCC1C2)C(C)(CN)CC1CC1. The normalized spacial score (nSPS) is 38.3. The summed E-state index contributed by atoms with van der Waals surface area (Å²) >= 11 is 0. The van der Waals surface area contributed by atoms with Gasteiger partial charge in [-0.1, -0.05) is 19.3 Å². The Labute approximate surface area is 112 Å². The molecule has 0 aromatic heterocycles. The highest BCUT2D eigenvalue weighted by molar-refractivity contribution is 4.96. The highest BCUT2D eigenvalue weighted by atomic mass is 15.2. The van der Waals surface area contributed by atoms with Gasteiger partial charge in [0.25, 0.3) is 0 Å². The fourth-order valence-electron chi connectivity index (χ4n) is 4.51. The zero-order chi connectivity index (χ0) is 12.8. The van der Waals surface area contributed by atoms with Crippen molar-refractivity contribution in [1.82, 2.24) is 4.90 Å². The van der Waals surface area contributed by atoms with Crippen molar-refractivity contribution < 1.29 is 0 Å². The van der Waals surface area contributed by atoms with Gasteiger partial charge in [0.1, 0.15) is 0 Å². The third-order valence-electron chi connectivity index (χ3n) is 6.18. The summed E-state index contributed by atoms with van der Waals surface area (Å²) in [6.45, 7) is 4.50. The predicted octanol–water partition coefficient (Wildman–Crippen LogP) is 2.87. The Balaban J connectivity index is 1.57. The van der Waals surface area contributed by atoms with Gasteiger partial charge in [-0.3, -0.25) is 4.90 Å². The summed E-state index contributed by atoms with van der Waals surface area (Å²) in [6.07, 6.45) is 10.3. The van der Waals surface area contributed by atoms with Crippen molar-refractivity contribution in [3.8, 4) is 0 Å². The molecule has 2 bridgehead atoms. The quantitative estimate of drug-likeness (QED) is 0.785. The first-order valence-electron chi connectivity index (χ1n) is 8.02. The van der Waals surface area contributed by atoms with E-state index in [9.17, 15) is 0 Å². The molecule has 3 rings (SSSR count). The topological polar surface area (TPSA) is 29.3 Å². The van der Waals surface area contributed by atoms with E-state index in [-0.39, 0.29) is 5.54 Å². The Kier molecular flexibility index (Phi) is 3.44. The first-order valence-corrected chi connectivity index (χ1v) is 8.02. The number of hydrogen-bond acceptors (Lipinski definition) is 2. The number of likely N-dealkylation sites (N-methyl/N-ethyl adjacent to an activating group) is 1. The van der Waals surface area contributed by atoms with E-state index in [2.05, 4.69) is 18.9 Å². The minimum absolute atomic E-state index is 0.253. The van der Waals surface area contributed by atoms with Crippen LogP contribution in [0.25, 0.3) is 0 Å². The fraction of sp³-hybridized carbons (Fsp3) is 1.00. The highest BCUT2D eigenvalue weighted by Gasteiger charge is 2.42. The van der Waals surface area contributed by atoms with Gasteiger partial charge < -0.3 is 5.73 Å². The molecule has 2 nitrogen and oxygen atoms in total. The molecule has 0 amide bonds. The van der Waals surface area contributed by atoms with E-state index in [4.69, 9.17) is 5.73 Å². The summed E-state index contributed by atoms with van der Waals surface area (Å²) in [6, 6.07) is 0. The number of rotatable bonds is 6. The zero-order valence-electron chi connectivity index (χ0n) is 12.2. The van der Waals surface area contributed by atoms with E-state index in [0.717, 1.165) is 30.2 Å². The lowest BCUT2D eigenvalue weighted by Crippen LogP contribution is -2.52. The van der Waals surface area contributed by atoms with Gasteiger partial charge in [0.15, 0.2) is 0 Å². The average Bonchev–Trinajstić information content (AvgIpc) is 2.92. The standard InChI is InChI=1S/C16H30N2/c1-16(11-17,9-12-3-4-12)18(2)10-15-8-13-5-6-14(15)7-13/h12-15H,3-11,17H2,1-2H3. The molecular formula is C16H30N2. The van der Waals surface area contributed by atoms with Crippen LogP contribution in [0.15, 0.2) is 0 Å². The first kappa shape index (κ1) is 12.9. The van der Waals surface area contributed by atoms with Gasteiger partial charge in [-0.05, 0) is 63.3 Å². The van der Waals surface area contributed by atoms with Crippen molar-refractivity contribution in [3.63, 3.8) is 0 Å². The minimum atomic E-state index is 0.253. The molecule has 0 aromatic rings. The third kappa shape index (κ3) is 2.46. The molecular weight excluding hydrogens is 220 g/mol. The maximum Gasteiger partial charge on any atom is 0.0303 e. The van der Waals surface area contributed by atoms with E-state index in [1.165, 1.54) is 51.5 Å². The van der Waals surface area contributed by atoms with Crippen LogP contribution in [0.1, 0.15) is 51.9 Å². The van der Waals surface area contributed by atoms with Crippen LogP contribution in [0.5, 0.6) is 0 Å². The van der Waals surface area contributed by atoms with E-state index in [1.54, 1.807) is 0 Å². The summed E-state index contributed by atoms with van der Waals surface area (Å²) in [4.78, 5) is 2.61. The van der Waals surface area contributed by atoms with Gasteiger partial charge in [0.2, 0.25) is 0 Å². The van der Waals surface area contributed by atoms with Crippen molar-refractivity contribution in [2.75, 3.05) is 20.1 Å². The molecule has 3 saturated carbocycles. The monoisotopic (exact) mass is 250 g/mol. The van der Waals surface area contributed by atoms with Crippen LogP contribution in [-0.4, -0.2) is 30.6 Å². The Bertz CT molecular complexity index is 299. The van der Waals surface area contributed by atoms with Crippen LogP contribution in [0, 0.1) is 23.7 Å². The first-order chi connectivity index (χ1) is 8.60. The van der Waals surface area contributed by atoms with Crippen LogP contribution >= 0.6 is 0 Å². The Morgan fingerprint density at radius 2 is 1.94 bits per heavy atom. The van der Waals surface area contributed by atoms with Crippen LogP contribution in [0.3, 0.4) is 0 Å². The van der Waals surface area contributed by atoms with Gasteiger partial charge in [-0.25, -0.2) is 0 Å². The maximum atomic E-state index is 6.09. The highest BCUT2D eigenvalue weighted by Crippen LogP contribution is 2.49. The molecule has 3 aliphatic rings. The van der Waals surface area contributed by atoms with Gasteiger partial charge in [0, 0.05) is 18.6 Å². The molecule has 4 unspecified atom stereocenters. The second kappa shape index (κ2) is 4.79. The molecule has 2 N–H and O–H groups in total. The van der Waals surface area contributed by atoms with Crippen molar-refractivity contribution >= 4 is 0 Å². The molecule has 104 valence electrons. The smallest absolute Gasteiger partial charge is 0.0303 e. The summed E-state index contributed by atoms with van der Waals surface area (Å²) in [5.41, 5.74) is 6.35. The summed E-state index contributed by atoms with van der Waals surface area (Å²) < 4.78 is 0. The summed E-state index contributed by atoms with van der Waals surface area (Å²) in [5, 5.41) is 0. The molecule has 0 aliphatic heterocycles. The van der Waals surface area contributed by atoms with Gasteiger partial charge in [-0.2, -0.15) is 0 Å². The average molecular weight is 250 g/mol. The van der Waals surface area contributed by atoms with Crippen LogP contribution < -0.4 is 5.73 Å². The lowest BCUT2D eigenvalue weighted by Gasteiger charge is -2.41. The van der Waals surface area contributed by atoms with Gasteiger partial charge in [-0.15, -0.1) is 0 Å². The lowest BCUT2D eigenvalue weighted by molar-refractivity contribution is 0.0926. The second-order valence-corrected chi connectivity index (χ2v) is 7.66. The van der Waals surface area contributed by atoms with Crippen molar-refractivity contribution in [1.29, 1.82) is 0 Å². The molecule has 0 heterocycles. The Morgan fingerprint density at radius 3 is 2.44 bits per heavy atom. The van der Waals surface area contributed by atoms with E-state index in [0.29, 0.717) is 0 Å².